The van der Waals surface area contributed by atoms with Crippen molar-refractivity contribution in [2.24, 2.45) is 0 Å². The van der Waals surface area contributed by atoms with Gasteiger partial charge in [0.05, 0.1) is 12.7 Å². The maximum Gasteiger partial charge on any atom is 0.484 e. The molecule has 7 heteroatoms. The number of ether oxygens (including phenoxy) is 1. The van der Waals surface area contributed by atoms with Crippen LogP contribution in [0.3, 0.4) is 0 Å². The summed E-state index contributed by atoms with van der Waals surface area (Å²) >= 11 is 0. The molecule has 0 saturated heterocycles. The van der Waals surface area contributed by atoms with Gasteiger partial charge in [-0.15, -0.1) is 0 Å². The summed E-state index contributed by atoms with van der Waals surface area (Å²) in [6.45, 7) is 8.00. The molecule has 0 atom stereocenters. The van der Waals surface area contributed by atoms with Gasteiger partial charge in [-0.25, -0.2) is 4.79 Å². The van der Waals surface area contributed by atoms with Gasteiger partial charge in [-0.2, -0.15) is 0 Å². The fourth-order valence-electron chi connectivity index (χ4n) is 1.26. The molecule has 0 unspecified atom stereocenters. The van der Waals surface area contributed by atoms with Gasteiger partial charge in [0.1, 0.15) is 6.26 Å². The first kappa shape index (κ1) is 21.5. The minimum Gasteiger partial charge on any atom is -0.431 e. The lowest BCUT2D eigenvalue weighted by atomic mass is 10.2. The molecule has 2 rings (SSSR count). The van der Waals surface area contributed by atoms with Crippen LogP contribution in [0.2, 0.25) is 0 Å². The molecule has 0 amide bonds. The Morgan fingerprint density at radius 1 is 1.00 bits per heavy atom. The maximum atomic E-state index is 9.59. The summed E-state index contributed by atoms with van der Waals surface area (Å²) in [4.78, 5) is 9.59. The Hall–Kier alpha value is -1.51. The van der Waals surface area contributed by atoms with Crippen molar-refractivity contribution in [2.75, 3.05) is 19.8 Å². The van der Waals surface area contributed by atoms with Gasteiger partial charge in [-0.1, -0.05) is 30.3 Å². The van der Waals surface area contributed by atoms with E-state index in [1.165, 1.54) is 12.3 Å². The van der Waals surface area contributed by atoms with Gasteiger partial charge in [-0.05, 0) is 26.3 Å². The van der Waals surface area contributed by atoms with Crippen LogP contribution in [-0.2, 0) is 29.4 Å². The zero-order valence-corrected chi connectivity index (χ0v) is 15.1. The Morgan fingerprint density at radius 3 is 1.65 bits per heavy atom. The molecule has 6 nitrogen and oxygen atoms in total. The molecule has 1 N–H and O–H groups in total. The van der Waals surface area contributed by atoms with Crippen LogP contribution in [0.5, 0.6) is 0 Å². The number of carbonyl (C=O) groups excluding carboxylic acids is 1. The van der Waals surface area contributed by atoms with Gasteiger partial charge in [0.15, 0.2) is 0 Å². The third kappa shape index (κ3) is 12.7. The fourth-order valence-corrected chi connectivity index (χ4v) is 2.36. The molecular formula is C16H26O6Si. The molecule has 1 aliphatic rings. The van der Waals surface area contributed by atoms with Crippen LogP contribution in [0.4, 0.5) is 0 Å². The van der Waals surface area contributed by atoms with E-state index in [9.17, 15) is 4.79 Å². The fraction of sp³-hybridized carbons (Fsp3) is 0.438. The third-order valence-corrected chi connectivity index (χ3v) is 4.14. The van der Waals surface area contributed by atoms with E-state index in [1.807, 2.05) is 51.1 Å². The van der Waals surface area contributed by atoms with Crippen LogP contribution in [0.1, 0.15) is 26.3 Å². The van der Waals surface area contributed by atoms with Crippen molar-refractivity contribution >= 4 is 15.5 Å². The van der Waals surface area contributed by atoms with Crippen molar-refractivity contribution in [3.63, 3.8) is 0 Å². The quantitative estimate of drug-likeness (QED) is 0.604. The molecule has 1 aromatic rings. The Bertz CT molecular complexity index is 410. The number of aliphatic hydroxyl groups excluding tert-OH is 1. The number of carbonyl (C=O) groups is 1. The average molecular weight is 342 g/mol. The molecule has 0 bridgehead atoms. The number of rotatable bonds is 7. The van der Waals surface area contributed by atoms with Crippen LogP contribution in [0, 0.1) is 0 Å². The van der Waals surface area contributed by atoms with Gasteiger partial charge in [0.2, 0.25) is 0 Å². The van der Waals surface area contributed by atoms with E-state index in [2.05, 4.69) is 4.74 Å². The van der Waals surface area contributed by atoms with Crippen molar-refractivity contribution in [3.8, 4) is 0 Å². The van der Waals surface area contributed by atoms with E-state index >= 15 is 0 Å². The Labute approximate surface area is 139 Å². The van der Waals surface area contributed by atoms with Gasteiger partial charge in [0.25, 0.3) is 0 Å². The van der Waals surface area contributed by atoms with Gasteiger partial charge < -0.3 is 23.1 Å². The monoisotopic (exact) mass is 342 g/mol. The Kier molecular flexibility index (Phi) is 14.4. The van der Waals surface area contributed by atoms with E-state index < -0.39 is 9.53 Å². The number of cyclic esters (lactones) is 1. The van der Waals surface area contributed by atoms with E-state index in [4.69, 9.17) is 18.4 Å². The van der Waals surface area contributed by atoms with Gasteiger partial charge in [-0.3, -0.25) is 0 Å². The van der Waals surface area contributed by atoms with Crippen molar-refractivity contribution in [1.82, 2.24) is 0 Å². The Balaban J connectivity index is 0.000000331. The largest absolute Gasteiger partial charge is 0.484 e. The smallest absolute Gasteiger partial charge is 0.431 e. The lowest BCUT2D eigenvalue weighted by Crippen LogP contribution is -2.27. The molecule has 0 radical (unpaired) electrons. The first-order valence-electron chi connectivity index (χ1n) is 7.54. The molecule has 1 heterocycles. The summed E-state index contributed by atoms with van der Waals surface area (Å²) in [6.07, 6.45) is 2.71. The number of hydrogen-bond acceptors (Lipinski definition) is 6. The minimum absolute atomic E-state index is 0.140. The molecule has 130 valence electrons. The summed E-state index contributed by atoms with van der Waals surface area (Å²) in [5.74, 6) is -0.245. The molecule has 23 heavy (non-hydrogen) atoms. The SMILES string of the molecule is CCO[SiH](OCC)OCC.O=C1C=CO1.OCc1ccccc1. The van der Waals surface area contributed by atoms with Crippen LogP contribution < -0.4 is 0 Å². The molecule has 0 fully saturated rings. The van der Waals surface area contributed by atoms with E-state index in [0.29, 0.717) is 19.8 Å². The predicted molar refractivity (Wildman–Crippen MR) is 89.6 cm³/mol. The molecule has 0 spiro atoms. The van der Waals surface area contributed by atoms with Crippen LogP contribution >= 0.6 is 0 Å². The number of esters is 1. The van der Waals surface area contributed by atoms with Crippen molar-refractivity contribution in [3.05, 3.63) is 48.2 Å². The highest BCUT2D eigenvalue weighted by molar-refractivity contribution is 6.36. The highest BCUT2D eigenvalue weighted by Crippen LogP contribution is 1.95. The molecule has 0 aliphatic carbocycles. The zero-order valence-electron chi connectivity index (χ0n) is 13.9. The van der Waals surface area contributed by atoms with E-state index in [0.717, 1.165) is 5.56 Å². The van der Waals surface area contributed by atoms with Crippen LogP contribution in [0.25, 0.3) is 0 Å². The molecule has 1 aliphatic heterocycles. The summed E-state index contributed by atoms with van der Waals surface area (Å²) in [5.41, 5.74) is 0.965. The molecule has 0 saturated carbocycles. The lowest BCUT2D eigenvalue weighted by molar-refractivity contribution is -0.136. The Morgan fingerprint density at radius 2 is 1.43 bits per heavy atom. The maximum absolute atomic E-state index is 9.59. The normalized spacial score (nSPS) is 11.6. The second kappa shape index (κ2) is 15.4. The minimum atomic E-state index is -1.73. The average Bonchev–Trinajstić information content (AvgIpc) is 2.56. The van der Waals surface area contributed by atoms with Gasteiger partial charge in [0, 0.05) is 19.8 Å². The number of benzene rings is 1. The van der Waals surface area contributed by atoms with Crippen molar-refractivity contribution < 1.29 is 27.9 Å². The molecule has 0 aromatic heterocycles. The zero-order chi connectivity index (χ0) is 17.3. The van der Waals surface area contributed by atoms with E-state index in [1.54, 1.807) is 0 Å². The first-order chi connectivity index (χ1) is 11.2. The summed E-state index contributed by atoms with van der Waals surface area (Å²) < 4.78 is 19.8. The number of hydrogen-bond donors (Lipinski definition) is 1. The second-order valence-electron chi connectivity index (χ2n) is 4.04. The van der Waals surface area contributed by atoms with Gasteiger partial charge >= 0.3 is 15.5 Å². The number of aliphatic hydroxyl groups is 1. The van der Waals surface area contributed by atoms with Crippen molar-refractivity contribution in [2.45, 2.75) is 27.4 Å². The highest BCUT2D eigenvalue weighted by atomic mass is 28.3. The second-order valence-corrected chi connectivity index (χ2v) is 5.62. The van der Waals surface area contributed by atoms with Crippen LogP contribution in [-0.4, -0.2) is 40.4 Å². The van der Waals surface area contributed by atoms with Crippen LogP contribution in [0.15, 0.2) is 42.7 Å². The first-order valence-corrected chi connectivity index (χ1v) is 8.96. The van der Waals surface area contributed by atoms with Crippen molar-refractivity contribution in [1.29, 1.82) is 0 Å². The summed E-state index contributed by atoms with van der Waals surface area (Å²) in [5, 5.41) is 8.54. The predicted octanol–water partition coefficient (Wildman–Crippen LogP) is 2.05. The highest BCUT2D eigenvalue weighted by Gasteiger charge is 2.11. The molecule has 1 aromatic carbocycles. The summed E-state index contributed by atoms with van der Waals surface area (Å²) in [7, 11) is -1.73. The topological polar surface area (TPSA) is 74.2 Å². The lowest BCUT2D eigenvalue weighted by Gasteiger charge is -2.12. The third-order valence-electron chi connectivity index (χ3n) is 2.32. The van der Waals surface area contributed by atoms with E-state index in [-0.39, 0.29) is 12.6 Å². The summed E-state index contributed by atoms with van der Waals surface area (Å²) in [6, 6.07) is 9.52. The molecular weight excluding hydrogens is 316 g/mol. The standard InChI is InChI=1S/C7H8O.C6H16O3Si.C3H2O2/c8-6-7-4-2-1-3-5-7;1-4-7-10(8-5-2)9-6-3;4-3-1-2-5-3/h1-5,8H,6H2;10H,4-6H2,1-3H3;1-2H.